The van der Waals surface area contributed by atoms with Gasteiger partial charge in [-0.25, -0.2) is 9.97 Å². The van der Waals surface area contributed by atoms with E-state index in [-0.39, 0.29) is 0 Å². The number of nitrogens with zero attached hydrogens (tertiary/aromatic N) is 6. The summed E-state index contributed by atoms with van der Waals surface area (Å²) in [5.41, 5.74) is 6.98. The molecule has 6 heterocycles. The molecule has 0 unspecified atom stereocenters. The molecule has 2 N–H and O–H groups in total. The maximum atomic E-state index is 5.29. The van der Waals surface area contributed by atoms with Gasteiger partial charge in [0.25, 0.3) is 0 Å². The van der Waals surface area contributed by atoms with Crippen LogP contribution in [0.15, 0.2) is 67.4 Å². The molecular formula is C23H16N8O. The van der Waals surface area contributed by atoms with Crippen molar-refractivity contribution in [1.82, 2.24) is 40.1 Å². The summed E-state index contributed by atoms with van der Waals surface area (Å²) in [6.45, 7) is 0. The lowest BCUT2D eigenvalue weighted by molar-refractivity contribution is 0.413. The molecule has 0 aromatic carbocycles. The molecule has 0 saturated heterocycles. The molecule has 0 bridgehead atoms. The minimum Gasteiger partial charge on any atom is -0.495 e. The highest BCUT2D eigenvalue weighted by atomic mass is 16.5. The predicted octanol–water partition coefficient (Wildman–Crippen LogP) is 4.03. The number of hydrogen-bond donors (Lipinski definition) is 2. The predicted molar refractivity (Wildman–Crippen MR) is 120 cm³/mol. The molecule has 6 rings (SSSR count). The average molecular weight is 420 g/mol. The van der Waals surface area contributed by atoms with Gasteiger partial charge in [-0.1, -0.05) is 6.07 Å². The molecule has 0 radical (unpaired) electrons. The van der Waals surface area contributed by atoms with Crippen LogP contribution in [0.1, 0.15) is 0 Å². The molecule has 0 aliphatic heterocycles. The van der Waals surface area contributed by atoms with Gasteiger partial charge in [-0.3, -0.25) is 20.1 Å². The number of fused-ring (bicyclic) bond motifs is 2. The van der Waals surface area contributed by atoms with Crippen LogP contribution in [0.4, 0.5) is 0 Å². The van der Waals surface area contributed by atoms with E-state index in [4.69, 9.17) is 14.7 Å². The van der Waals surface area contributed by atoms with Gasteiger partial charge in [0.15, 0.2) is 11.5 Å². The Bertz CT molecular complexity index is 1570. The minimum atomic E-state index is 0.602. The van der Waals surface area contributed by atoms with Gasteiger partial charge in [0.1, 0.15) is 16.8 Å². The molecule has 0 aliphatic rings. The minimum absolute atomic E-state index is 0.602. The number of methoxy groups -OCH3 is 1. The molecule has 6 aromatic heterocycles. The van der Waals surface area contributed by atoms with E-state index in [0.717, 1.165) is 39.1 Å². The third kappa shape index (κ3) is 2.95. The Morgan fingerprint density at radius 2 is 1.78 bits per heavy atom. The summed E-state index contributed by atoms with van der Waals surface area (Å²) in [5.74, 6) is 1.27. The molecule has 0 spiro atoms. The van der Waals surface area contributed by atoms with Gasteiger partial charge < -0.3 is 9.72 Å². The third-order valence-electron chi connectivity index (χ3n) is 5.21. The molecule has 0 fully saturated rings. The number of hydrogen-bond acceptors (Lipinski definition) is 7. The van der Waals surface area contributed by atoms with Crippen molar-refractivity contribution in [1.29, 1.82) is 0 Å². The maximum absolute atomic E-state index is 5.29. The Labute approximate surface area is 181 Å². The summed E-state index contributed by atoms with van der Waals surface area (Å²) in [7, 11) is 1.61. The van der Waals surface area contributed by atoms with E-state index in [9.17, 15) is 0 Å². The van der Waals surface area contributed by atoms with Gasteiger partial charge in [-0.15, -0.1) is 0 Å². The van der Waals surface area contributed by atoms with Crippen LogP contribution in [0.25, 0.3) is 56.1 Å². The van der Waals surface area contributed by atoms with E-state index >= 15 is 0 Å². The molecule has 9 nitrogen and oxygen atoms in total. The first-order valence-electron chi connectivity index (χ1n) is 9.90. The van der Waals surface area contributed by atoms with Crippen LogP contribution in [-0.4, -0.2) is 47.2 Å². The average Bonchev–Trinajstić information content (AvgIpc) is 3.48. The van der Waals surface area contributed by atoms with E-state index in [1.807, 2.05) is 36.4 Å². The zero-order chi connectivity index (χ0) is 21.5. The summed E-state index contributed by atoms with van der Waals surface area (Å²) in [6, 6.07) is 11.5. The van der Waals surface area contributed by atoms with Crippen LogP contribution >= 0.6 is 0 Å². The molecule has 0 saturated carbocycles. The fraction of sp³-hybridized carbons (Fsp3) is 0.0435. The molecule has 0 aliphatic carbocycles. The summed E-state index contributed by atoms with van der Waals surface area (Å²) < 4.78 is 5.29. The summed E-state index contributed by atoms with van der Waals surface area (Å²) in [6.07, 6.45) is 8.68. The lowest BCUT2D eigenvalue weighted by atomic mass is 10.1. The van der Waals surface area contributed by atoms with Gasteiger partial charge in [0.2, 0.25) is 0 Å². The van der Waals surface area contributed by atoms with Crippen LogP contribution < -0.4 is 4.74 Å². The SMILES string of the molecule is COc1cncc(-c2ccc3[nH]nc(-c4nc5c(-c6ccccn6)cncc5[nH]4)c3n2)c1. The van der Waals surface area contributed by atoms with Crippen LogP contribution in [-0.2, 0) is 0 Å². The summed E-state index contributed by atoms with van der Waals surface area (Å²) >= 11 is 0. The lowest BCUT2D eigenvalue weighted by Gasteiger charge is -2.03. The van der Waals surface area contributed by atoms with E-state index in [0.29, 0.717) is 22.8 Å². The second kappa shape index (κ2) is 7.24. The van der Waals surface area contributed by atoms with Crippen molar-refractivity contribution in [3.63, 3.8) is 0 Å². The van der Waals surface area contributed by atoms with Gasteiger partial charge in [0.05, 0.1) is 41.9 Å². The van der Waals surface area contributed by atoms with Crippen molar-refractivity contribution >= 4 is 22.1 Å². The number of imidazole rings is 1. The largest absolute Gasteiger partial charge is 0.495 e. The molecule has 6 aromatic rings. The smallest absolute Gasteiger partial charge is 0.161 e. The number of pyridine rings is 4. The summed E-state index contributed by atoms with van der Waals surface area (Å²) in [5, 5.41) is 7.51. The van der Waals surface area contributed by atoms with Gasteiger partial charge in [0, 0.05) is 29.7 Å². The molecule has 9 heteroatoms. The Balaban J connectivity index is 1.50. The number of aromatic amines is 2. The maximum Gasteiger partial charge on any atom is 0.161 e. The van der Waals surface area contributed by atoms with Gasteiger partial charge >= 0.3 is 0 Å². The van der Waals surface area contributed by atoms with E-state index in [2.05, 4.69) is 30.1 Å². The fourth-order valence-corrected chi connectivity index (χ4v) is 3.65. The highest BCUT2D eigenvalue weighted by molar-refractivity contribution is 5.95. The van der Waals surface area contributed by atoms with Crippen molar-refractivity contribution in [2.75, 3.05) is 7.11 Å². The number of rotatable bonds is 4. The van der Waals surface area contributed by atoms with Crippen LogP contribution in [0.2, 0.25) is 0 Å². The number of nitrogens with one attached hydrogen (secondary N) is 2. The van der Waals surface area contributed by atoms with E-state index in [1.54, 1.807) is 38.1 Å². The van der Waals surface area contributed by atoms with E-state index < -0.39 is 0 Å². The fourth-order valence-electron chi connectivity index (χ4n) is 3.65. The number of H-pyrrole nitrogens is 2. The number of aromatic nitrogens is 8. The van der Waals surface area contributed by atoms with Crippen molar-refractivity contribution < 1.29 is 4.74 Å². The Morgan fingerprint density at radius 1 is 0.844 bits per heavy atom. The Morgan fingerprint density at radius 3 is 2.66 bits per heavy atom. The zero-order valence-electron chi connectivity index (χ0n) is 16.9. The zero-order valence-corrected chi connectivity index (χ0v) is 16.9. The standard InChI is InChI=1S/C23H16N8O/c1-32-14-8-13(9-24-10-14)16-5-6-18-21(27-16)22(31-30-18)23-28-19-12-25-11-15(20(19)29-23)17-4-2-3-7-26-17/h2-12H,1H3,(H,28,29)(H,30,31). The molecular weight excluding hydrogens is 404 g/mol. The van der Waals surface area contributed by atoms with E-state index in [1.165, 1.54) is 0 Å². The first kappa shape index (κ1) is 18.1. The highest BCUT2D eigenvalue weighted by Gasteiger charge is 2.17. The Kier molecular flexibility index (Phi) is 4.10. The second-order valence-corrected chi connectivity index (χ2v) is 7.16. The van der Waals surface area contributed by atoms with Crippen molar-refractivity contribution in [2.45, 2.75) is 0 Å². The topological polar surface area (TPSA) is 118 Å². The van der Waals surface area contributed by atoms with Crippen molar-refractivity contribution in [3.8, 4) is 39.8 Å². The van der Waals surface area contributed by atoms with Gasteiger partial charge in [-0.05, 0) is 30.3 Å². The highest BCUT2D eigenvalue weighted by Crippen LogP contribution is 2.30. The second-order valence-electron chi connectivity index (χ2n) is 7.16. The molecule has 154 valence electrons. The monoisotopic (exact) mass is 420 g/mol. The summed E-state index contributed by atoms with van der Waals surface area (Å²) in [4.78, 5) is 26.0. The lowest BCUT2D eigenvalue weighted by Crippen LogP contribution is -1.89. The quantitative estimate of drug-likeness (QED) is 0.442. The number of ether oxygens (including phenoxy) is 1. The van der Waals surface area contributed by atoms with Crippen LogP contribution in [0, 0.1) is 0 Å². The first-order valence-corrected chi connectivity index (χ1v) is 9.90. The molecule has 0 amide bonds. The molecule has 0 atom stereocenters. The molecule has 32 heavy (non-hydrogen) atoms. The normalized spacial score (nSPS) is 11.3. The third-order valence-corrected chi connectivity index (χ3v) is 5.21. The first-order chi connectivity index (χ1) is 15.8. The van der Waals surface area contributed by atoms with Crippen LogP contribution in [0.3, 0.4) is 0 Å². The van der Waals surface area contributed by atoms with Crippen molar-refractivity contribution in [2.24, 2.45) is 0 Å². The van der Waals surface area contributed by atoms with Gasteiger partial charge in [-0.2, -0.15) is 5.10 Å². The Hall–Kier alpha value is -4.66. The van der Waals surface area contributed by atoms with Crippen molar-refractivity contribution in [3.05, 3.63) is 67.4 Å². The van der Waals surface area contributed by atoms with Crippen LogP contribution in [0.5, 0.6) is 5.75 Å².